The van der Waals surface area contributed by atoms with E-state index in [2.05, 4.69) is 20.6 Å². The van der Waals surface area contributed by atoms with Crippen LogP contribution >= 0.6 is 0 Å². The summed E-state index contributed by atoms with van der Waals surface area (Å²) in [5.41, 5.74) is 2.92. The molecule has 29 heavy (non-hydrogen) atoms. The topological polar surface area (TPSA) is 77.0 Å². The number of nitrogens with zero attached hydrogens (tertiary/aromatic N) is 2. The van der Waals surface area contributed by atoms with Gasteiger partial charge in [-0.05, 0) is 39.8 Å². The number of pyridine rings is 1. The van der Waals surface area contributed by atoms with Crippen LogP contribution in [0.4, 0.5) is 0 Å². The van der Waals surface area contributed by atoms with Crippen molar-refractivity contribution in [1.82, 2.24) is 15.6 Å². The summed E-state index contributed by atoms with van der Waals surface area (Å²) in [5, 5.41) is 6.58. The van der Waals surface area contributed by atoms with Crippen molar-refractivity contribution in [2.24, 2.45) is 4.99 Å². The Bertz CT molecular complexity index is 824. The zero-order chi connectivity index (χ0) is 21.2. The minimum Gasteiger partial charge on any atom is -0.496 e. The standard InChI is InChI=1S/C22H32N4O3/c1-7-23-22(26-14-18-17(4)21(28-6)15(2)12-24-18)25-13-16(3)29-20-11-9-8-10-19(20)27-5/h8-12,16H,7,13-14H2,1-6H3,(H2,23,25,26). The number of methoxy groups -OCH3 is 2. The molecule has 1 atom stereocenters. The number of guanidine groups is 1. The molecular weight excluding hydrogens is 368 g/mol. The van der Waals surface area contributed by atoms with Gasteiger partial charge in [0, 0.05) is 23.9 Å². The zero-order valence-electron chi connectivity index (χ0n) is 18.2. The second-order valence-corrected chi connectivity index (χ2v) is 6.70. The molecule has 0 aliphatic heterocycles. The number of benzene rings is 1. The fourth-order valence-electron chi connectivity index (χ4n) is 2.94. The number of aryl methyl sites for hydroxylation is 1. The van der Waals surface area contributed by atoms with Gasteiger partial charge in [-0.2, -0.15) is 0 Å². The van der Waals surface area contributed by atoms with Crippen molar-refractivity contribution < 1.29 is 14.2 Å². The zero-order valence-corrected chi connectivity index (χ0v) is 18.2. The lowest BCUT2D eigenvalue weighted by molar-refractivity contribution is 0.213. The average Bonchev–Trinajstić information content (AvgIpc) is 2.72. The van der Waals surface area contributed by atoms with Gasteiger partial charge in [0.25, 0.3) is 0 Å². The SMILES string of the molecule is CCNC(=NCc1ncc(C)c(OC)c1C)NCC(C)Oc1ccccc1OC. The van der Waals surface area contributed by atoms with Gasteiger partial charge in [-0.1, -0.05) is 12.1 Å². The van der Waals surface area contributed by atoms with Crippen molar-refractivity contribution >= 4 is 5.96 Å². The molecule has 2 aromatic rings. The molecule has 0 aliphatic rings. The second kappa shape index (κ2) is 11.1. The first-order valence-corrected chi connectivity index (χ1v) is 9.81. The maximum Gasteiger partial charge on any atom is 0.191 e. The van der Waals surface area contributed by atoms with Crippen molar-refractivity contribution in [3.63, 3.8) is 0 Å². The van der Waals surface area contributed by atoms with E-state index in [1.165, 1.54) is 0 Å². The van der Waals surface area contributed by atoms with E-state index in [4.69, 9.17) is 14.2 Å². The highest BCUT2D eigenvalue weighted by atomic mass is 16.5. The molecule has 1 unspecified atom stereocenters. The first kappa shape index (κ1) is 22.3. The quantitative estimate of drug-likeness (QED) is 0.497. The predicted octanol–water partition coefficient (Wildman–Crippen LogP) is 3.24. The van der Waals surface area contributed by atoms with E-state index in [-0.39, 0.29) is 6.10 Å². The number of nitrogens with one attached hydrogen (secondary N) is 2. The van der Waals surface area contributed by atoms with Gasteiger partial charge in [0.2, 0.25) is 0 Å². The van der Waals surface area contributed by atoms with Gasteiger partial charge in [0.1, 0.15) is 11.9 Å². The van der Waals surface area contributed by atoms with Gasteiger partial charge < -0.3 is 24.8 Å². The molecule has 7 nitrogen and oxygen atoms in total. The normalized spacial score (nSPS) is 12.3. The Kier molecular flexibility index (Phi) is 8.58. The lowest BCUT2D eigenvalue weighted by atomic mass is 10.1. The molecule has 0 radical (unpaired) electrons. The fourth-order valence-corrected chi connectivity index (χ4v) is 2.94. The number of hydrogen-bond donors (Lipinski definition) is 2. The van der Waals surface area contributed by atoms with Crippen molar-refractivity contribution in [3.05, 3.63) is 47.3 Å². The van der Waals surface area contributed by atoms with E-state index in [0.29, 0.717) is 19.0 Å². The van der Waals surface area contributed by atoms with Crippen LogP contribution in [0.15, 0.2) is 35.5 Å². The third kappa shape index (κ3) is 6.27. The maximum atomic E-state index is 5.99. The summed E-state index contributed by atoms with van der Waals surface area (Å²) in [4.78, 5) is 9.17. The monoisotopic (exact) mass is 400 g/mol. The van der Waals surface area contributed by atoms with Crippen LogP contribution in [0.5, 0.6) is 17.2 Å². The third-order valence-corrected chi connectivity index (χ3v) is 4.44. The Labute approximate surface area is 173 Å². The smallest absolute Gasteiger partial charge is 0.191 e. The lowest BCUT2D eigenvalue weighted by Crippen LogP contribution is -2.41. The van der Waals surface area contributed by atoms with E-state index >= 15 is 0 Å². The third-order valence-electron chi connectivity index (χ3n) is 4.44. The molecule has 2 N–H and O–H groups in total. The molecule has 0 bridgehead atoms. The van der Waals surface area contributed by atoms with Crippen LogP contribution in [-0.2, 0) is 6.54 Å². The fraction of sp³-hybridized carbons (Fsp3) is 0.455. The van der Waals surface area contributed by atoms with Crippen LogP contribution in [0.25, 0.3) is 0 Å². The van der Waals surface area contributed by atoms with Gasteiger partial charge in [0.15, 0.2) is 17.5 Å². The van der Waals surface area contributed by atoms with Gasteiger partial charge in [-0.3, -0.25) is 4.98 Å². The number of hydrogen-bond acceptors (Lipinski definition) is 5. The van der Waals surface area contributed by atoms with Crippen LogP contribution < -0.4 is 24.8 Å². The predicted molar refractivity (Wildman–Crippen MR) is 116 cm³/mol. The van der Waals surface area contributed by atoms with Crippen LogP contribution in [0.1, 0.15) is 30.7 Å². The highest BCUT2D eigenvalue weighted by Gasteiger charge is 2.11. The first-order valence-electron chi connectivity index (χ1n) is 9.81. The van der Waals surface area contributed by atoms with E-state index < -0.39 is 0 Å². The van der Waals surface area contributed by atoms with E-state index in [1.807, 2.05) is 58.2 Å². The lowest BCUT2D eigenvalue weighted by Gasteiger charge is -2.19. The van der Waals surface area contributed by atoms with Crippen LogP contribution in [-0.4, -0.2) is 44.4 Å². The van der Waals surface area contributed by atoms with Gasteiger partial charge in [-0.25, -0.2) is 4.99 Å². The molecule has 158 valence electrons. The summed E-state index contributed by atoms with van der Waals surface area (Å²) in [7, 11) is 3.31. The minimum atomic E-state index is -0.0745. The summed E-state index contributed by atoms with van der Waals surface area (Å²) >= 11 is 0. The molecule has 0 aliphatic carbocycles. The molecule has 0 spiro atoms. The summed E-state index contributed by atoms with van der Waals surface area (Å²) in [6.45, 7) is 9.84. The molecule has 0 saturated heterocycles. The van der Waals surface area contributed by atoms with Gasteiger partial charge in [-0.15, -0.1) is 0 Å². The van der Waals surface area contributed by atoms with Crippen molar-refractivity contribution in [1.29, 1.82) is 0 Å². The van der Waals surface area contributed by atoms with Crippen molar-refractivity contribution in [3.8, 4) is 17.2 Å². The number of ether oxygens (including phenoxy) is 3. The Morgan fingerprint density at radius 1 is 1.10 bits per heavy atom. The molecule has 2 rings (SSSR count). The average molecular weight is 401 g/mol. The minimum absolute atomic E-state index is 0.0745. The number of aliphatic imine (C=N–C) groups is 1. The molecular formula is C22H32N4O3. The molecule has 7 heteroatoms. The van der Waals surface area contributed by atoms with Crippen LogP contribution in [0, 0.1) is 13.8 Å². The number of para-hydroxylation sites is 2. The van der Waals surface area contributed by atoms with Crippen LogP contribution in [0.2, 0.25) is 0 Å². The summed E-state index contributed by atoms with van der Waals surface area (Å²) in [5.74, 6) is 3.01. The summed E-state index contributed by atoms with van der Waals surface area (Å²) < 4.78 is 16.8. The van der Waals surface area contributed by atoms with Crippen molar-refractivity contribution in [2.45, 2.75) is 40.3 Å². The Morgan fingerprint density at radius 3 is 2.48 bits per heavy atom. The van der Waals surface area contributed by atoms with E-state index in [9.17, 15) is 0 Å². The molecule has 1 heterocycles. The Balaban J connectivity index is 2.00. The highest BCUT2D eigenvalue weighted by molar-refractivity contribution is 5.79. The molecule has 0 fully saturated rings. The van der Waals surface area contributed by atoms with Crippen molar-refractivity contribution in [2.75, 3.05) is 27.3 Å². The molecule has 0 amide bonds. The Hall–Kier alpha value is -2.96. The summed E-state index contributed by atoms with van der Waals surface area (Å²) in [6.07, 6.45) is 1.75. The largest absolute Gasteiger partial charge is 0.496 e. The molecule has 1 aromatic carbocycles. The van der Waals surface area contributed by atoms with Crippen LogP contribution in [0.3, 0.4) is 0 Å². The molecule has 1 aromatic heterocycles. The van der Waals surface area contributed by atoms with E-state index in [0.717, 1.165) is 40.6 Å². The number of aromatic nitrogens is 1. The van der Waals surface area contributed by atoms with Gasteiger partial charge >= 0.3 is 0 Å². The highest BCUT2D eigenvalue weighted by Crippen LogP contribution is 2.26. The number of rotatable bonds is 9. The second-order valence-electron chi connectivity index (χ2n) is 6.70. The molecule has 0 saturated carbocycles. The maximum absolute atomic E-state index is 5.99. The first-order chi connectivity index (χ1) is 14.0. The Morgan fingerprint density at radius 2 is 1.83 bits per heavy atom. The van der Waals surface area contributed by atoms with Gasteiger partial charge in [0.05, 0.1) is 33.0 Å². The van der Waals surface area contributed by atoms with E-state index in [1.54, 1.807) is 14.2 Å². The summed E-state index contributed by atoms with van der Waals surface area (Å²) in [6, 6.07) is 7.62.